The van der Waals surface area contributed by atoms with E-state index in [0.29, 0.717) is 12.1 Å². The third-order valence-electron chi connectivity index (χ3n) is 4.63. The molecular weight excluding hydrogens is 304 g/mol. The van der Waals surface area contributed by atoms with Crippen LogP contribution in [-0.2, 0) is 10.2 Å². The predicted octanol–water partition coefficient (Wildman–Crippen LogP) is 2.87. The number of rotatable bonds is 6. The summed E-state index contributed by atoms with van der Waals surface area (Å²) in [5, 5.41) is 22.1. The monoisotopic (exact) mass is 334 g/mol. The first-order valence-corrected chi connectivity index (χ1v) is 8.79. The highest BCUT2D eigenvalue weighted by atomic mass is 16.3. The Morgan fingerprint density at radius 2 is 2.08 bits per heavy atom. The molecule has 0 saturated carbocycles. The standard InChI is InChI=1S/C19H30N2O3/c1-19(2,3)14-10-15(12-17(23)11-14)20-18(24)7-5-9-21-8-4-6-16(21)13-22/h10-12,16,22-23H,4-9,13H2,1-3H3,(H,20,24). The fraction of sp³-hybridized carbons (Fsp3) is 0.632. The molecule has 0 aliphatic carbocycles. The van der Waals surface area contributed by atoms with Crippen LogP contribution in [0.4, 0.5) is 5.69 Å². The number of carbonyl (C=O) groups is 1. The number of likely N-dealkylation sites (tertiary alicyclic amines) is 1. The molecule has 134 valence electrons. The van der Waals surface area contributed by atoms with Crippen molar-refractivity contribution in [3.8, 4) is 5.75 Å². The summed E-state index contributed by atoms with van der Waals surface area (Å²) in [7, 11) is 0. The lowest BCUT2D eigenvalue weighted by Gasteiger charge is -2.22. The molecular formula is C19H30N2O3. The number of aliphatic hydroxyl groups excluding tert-OH is 1. The lowest BCUT2D eigenvalue weighted by molar-refractivity contribution is -0.116. The van der Waals surface area contributed by atoms with Gasteiger partial charge in [0, 0.05) is 24.2 Å². The first kappa shape index (κ1) is 18.7. The van der Waals surface area contributed by atoms with Gasteiger partial charge in [0.1, 0.15) is 5.75 Å². The van der Waals surface area contributed by atoms with E-state index in [2.05, 4.69) is 31.0 Å². The Balaban J connectivity index is 1.85. The number of aromatic hydroxyl groups is 1. The quantitative estimate of drug-likeness (QED) is 0.748. The molecule has 0 bridgehead atoms. The Hall–Kier alpha value is -1.59. The average molecular weight is 334 g/mol. The molecule has 1 aliphatic heterocycles. The van der Waals surface area contributed by atoms with E-state index in [1.165, 1.54) is 0 Å². The first-order valence-electron chi connectivity index (χ1n) is 8.79. The number of phenols is 1. The molecule has 0 radical (unpaired) electrons. The van der Waals surface area contributed by atoms with Crippen LogP contribution >= 0.6 is 0 Å². The van der Waals surface area contributed by atoms with Gasteiger partial charge in [0.2, 0.25) is 5.91 Å². The first-order chi connectivity index (χ1) is 11.3. The smallest absolute Gasteiger partial charge is 0.224 e. The second-order valence-corrected chi connectivity index (χ2v) is 7.68. The summed E-state index contributed by atoms with van der Waals surface area (Å²) in [4.78, 5) is 14.4. The minimum absolute atomic E-state index is 0.0415. The maximum absolute atomic E-state index is 12.1. The van der Waals surface area contributed by atoms with Gasteiger partial charge in [-0.1, -0.05) is 20.8 Å². The van der Waals surface area contributed by atoms with Crippen LogP contribution in [-0.4, -0.2) is 46.8 Å². The van der Waals surface area contributed by atoms with E-state index in [1.54, 1.807) is 12.1 Å². The van der Waals surface area contributed by atoms with Gasteiger partial charge in [-0.15, -0.1) is 0 Å². The molecule has 1 aromatic rings. The number of benzene rings is 1. The number of phenolic OH excluding ortho intramolecular Hbond substituents is 1. The second-order valence-electron chi connectivity index (χ2n) is 7.68. The maximum Gasteiger partial charge on any atom is 0.224 e. The van der Waals surface area contributed by atoms with Crippen molar-refractivity contribution in [3.63, 3.8) is 0 Å². The van der Waals surface area contributed by atoms with E-state index in [9.17, 15) is 15.0 Å². The molecule has 1 fully saturated rings. The highest BCUT2D eigenvalue weighted by molar-refractivity contribution is 5.91. The minimum Gasteiger partial charge on any atom is -0.508 e. The Kier molecular flexibility index (Phi) is 6.24. The van der Waals surface area contributed by atoms with Crippen molar-refractivity contribution in [2.75, 3.05) is 25.0 Å². The Labute approximate surface area is 144 Å². The lowest BCUT2D eigenvalue weighted by Crippen LogP contribution is -2.33. The van der Waals surface area contributed by atoms with E-state index in [4.69, 9.17) is 0 Å². The average Bonchev–Trinajstić information content (AvgIpc) is 2.93. The van der Waals surface area contributed by atoms with Crippen LogP contribution in [0, 0.1) is 0 Å². The number of anilines is 1. The molecule has 1 unspecified atom stereocenters. The fourth-order valence-electron chi connectivity index (χ4n) is 3.18. The third-order valence-corrected chi connectivity index (χ3v) is 4.63. The summed E-state index contributed by atoms with van der Waals surface area (Å²) in [5.74, 6) is 0.126. The van der Waals surface area contributed by atoms with Gasteiger partial charge in [0.05, 0.1) is 6.61 Å². The summed E-state index contributed by atoms with van der Waals surface area (Å²) >= 11 is 0. The van der Waals surface area contributed by atoms with Gasteiger partial charge in [0.25, 0.3) is 0 Å². The van der Waals surface area contributed by atoms with Crippen molar-refractivity contribution >= 4 is 11.6 Å². The molecule has 1 aliphatic rings. The summed E-state index contributed by atoms with van der Waals surface area (Å²) in [6.45, 7) is 8.26. The zero-order valence-electron chi connectivity index (χ0n) is 15.0. The van der Waals surface area contributed by atoms with Crippen molar-refractivity contribution in [1.82, 2.24) is 4.90 Å². The van der Waals surface area contributed by atoms with Gasteiger partial charge in [0.15, 0.2) is 0 Å². The van der Waals surface area contributed by atoms with Crippen LogP contribution in [0.15, 0.2) is 18.2 Å². The summed E-state index contributed by atoms with van der Waals surface area (Å²) in [5.41, 5.74) is 1.53. The number of hydrogen-bond acceptors (Lipinski definition) is 4. The van der Waals surface area contributed by atoms with Gasteiger partial charge in [-0.2, -0.15) is 0 Å². The van der Waals surface area contributed by atoms with Crippen molar-refractivity contribution in [2.45, 2.75) is 57.9 Å². The molecule has 5 heteroatoms. The van der Waals surface area contributed by atoms with Gasteiger partial charge < -0.3 is 15.5 Å². The molecule has 3 N–H and O–H groups in total. The third kappa shape index (κ3) is 5.21. The minimum atomic E-state index is -0.0900. The SMILES string of the molecule is CC(C)(C)c1cc(O)cc(NC(=O)CCCN2CCCC2CO)c1. The summed E-state index contributed by atoms with van der Waals surface area (Å²) in [6, 6.07) is 5.49. The van der Waals surface area contributed by atoms with Crippen molar-refractivity contribution in [1.29, 1.82) is 0 Å². The highest BCUT2D eigenvalue weighted by Crippen LogP contribution is 2.29. The highest BCUT2D eigenvalue weighted by Gasteiger charge is 2.23. The summed E-state index contributed by atoms with van der Waals surface area (Å²) in [6.07, 6.45) is 3.38. The number of carbonyl (C=O) groups excluding carboxylic acids is 1. The molecule has 1 amide bonds. The maximum atomic E-state index is 12.1. The normalized spacial score (nSPS) is 18.8. The van der Waals surface area contributed by atoms with E-state index in [1.807, 2.05) is 6.07 Å². The number of hydrogen-bond donors (Lipinski definition) is 3. The fourth-order valence-corrected chi connectivity index (χ4v) is 3.18. The second kappa shape index (κ2) is 7.99. The molecule has 1 heterocycles. The van der Waals surface area contributed by atoms with Crippen LogP contribution in [0.2, 0.25) is 0 Å². The Bertz CT molecular complexity index is 566. The van der Waals surface area contributed by atoms with Gasteiger partial charge in [-0.25, -0.2) is 0 Å². The zero-order valence-corrected chi connectivity index (χ0v) is 15.0. The van der Waals surface area contributed by atoms with Crippen molar-refractivity contribution in [2.24, 2.45) is 0 Å². The molecule has 1 atom stereocenters. The Morgan fingerprint density at radius 1 is 1.33 bits per heavy atom. The van der Waals surface area contributed by atoms with Crippen LogP contribution < -0.4 is 5.32 Å². The number of nitrogens with one attached hydrogen (secondary N) is 1. The lowest BCUT2D eigenvalue weighted by atomic mass is 9.86. The van der Waals surface area contributed by atoms with Gasteiger partial charge in [-0.3, -0.25) is 9.69 Å². The number of aliphatic hydroxyl groups is 1. The van der Waals surface area contributed by atoms with E-state index >= 15 is 0 Å². The molecule has 1 aromatic carbocycles. The molecule has 2 rings (SSSR count). The number of amides is 1. The van der Waals surface area contributed by atoms with Crippen molar-refractivity contribution < 1.29 is 15.0 Å². The topological polar surface area (TPSA) is 72.8 Å². The molecule has 1 saturated heterocycles. The molecule has 24 heavy (non-hydrogen) atoms. The van der Waals surface area contributed by atoms with Gasteiger partial charge in [-0.05, 0) is 55.5 Å². The largest absolute Gasteiger partial charge is 0.508 e. The molecule has 0 spiro atoms. The van der Waals surface area contributed by atoms with Crippen LogP contribution in [0.5, 0.6) is 5.75 Å². The van der Waals surface area contributed by atoms with Crippen LogP contribution in [0.1, 0.15) is 52.0 Å². The molecule has 5 nitrogen and oxygen atoms in total. The van der Waals surface area contributed by atoms with E-state index < -0.39 is 0 Å². The van der Waals surface area contributed by atoms with Crippen molar-refractivity contribution in [3.05, 3.63) is 23.8 Å². The van der Waals surface area contributed by atoms with Gasteiger partial charge >= 0.3 is 0 Å². The zero-order chi connectivity index (χ0) is 17.7. The Morgan fingerprint density at radius 3 is 2.75 bits per heavy atom. The number of nitrogens with zero attached hydrogens (tertiary/aromatic N) is 1. The van der Waals surface area contributed by atoms with E-state index in [0.717, 1.165) is 37.9 Å². The molecule has 0 aromatic heterocycles. The van der Waals surface area contributed by atoms with Crippen LogP contribution in [0.25, 0.3) is 0 Å². The van der Waals surface area contributed by atoms with Crippen LogP contribution in [0.3, 0.4) is 0 Å². The summed E-state index contributed by atoms with van der Waals surface area (Å²) < 4.78 is 0. The predicted molar refractivity (Wildman–Crippen MR) is 96.4 cm³/mol. The van der Waals surface area contributed by atoms with E-state index in [-0.39, 0.29) is 29.7 Å².